The van der Waals surface area contributed by atoms with Gasteiger partial charge in [-0.15, -0.1) is 0 Å². The molecule has 0 bridgehead atoms. The predicted octanol–water partition coefficient (Wildman–Crippen LogP) is 2.34. The van der Waals surface area contributed by atoms with Crippen molar-refractivity contribution in [1.82, 2.24) is 0 Å². The second kappa shape index (κ2) is 2.59. The minimum Gasteiger partial charge on any atom is -0.380 e. The van der Waals surface area contributed by atoms with Crippen molar-refractivity contribution in [2.24, 2.45) is 0 Å². The van der Waals surface area contributed by atoms with E-state index in [0.29, 0.717) is 6.10 Å². The average Bonchev–Trinajstić information content (AvgIpc) is 2.08. The van der Waals surface area contributed by atoms with E-state index >= 15 is 0 Å². The lowest BCUT2D eigenvalue weighted by Gasteiger charge is -2.22. The summed E-state index contributed by atoms with van der Waals surface area (Å²) < 4.78 is 5.53. The van der Waals surface area contributed by atoms with E-state index in [0.717, 1.165) is 0 Å². The zero-order valence-electron chi connectivity index (χ0n) is 5.98. The van der Waals surface area contributed by atoms with Gasteiger partial charge in [-0.3, -0.25) is 0 Å². The molecule has 1 fully saturated rings. The molecule has 0 unspecified atom stereocenters. The molecule has 0 aromatic rings. The molecule has 0 aromatic heterocycles. The topological polar surface area (TPSA) is 9.23 Å². The highest BCUT2D eigenvalue weighted by molar-refractivity contribution is 9.10. The van der Waals surface area contributed by atoms with Gasteiger partial charge in [0.25, 0.3) is 0 Å². The SMILES string of the molecule is CO[C@@H]1CCC[C@@]1(C)Br. The van der Waals surface area contributed by atoms with Crippen LogP contribution in [0.5, 0.6) is 0 Å². The highest BCUT2D eigenvalue weighted by Gasteiger charge is 2.36. The quantitative estimate of drug-likeness (QED) is 0.580. The molecular weight excluding hydrogens is 180 g/mol. The van der Waals surface area contributed by atoms with Gasteiger partial charge in [0.15, 0.2) is 0 Å². The van der Waals surface area contributed by atoms with Crippen molar-refractivity contribution < 1.29 is 4.74 Å². The molecule has 0 radical (unpaired) electrons. The zero-order valence-corrected chi connectivity index (χ0v) is 7.57. The van der Waals surface area contributed by atoms with E-state index in [9.17, 15) is 0 Å². The maximum Gasteiger partial charge on any atom is 0.0721 e. The molecule has 2 heteroatoms. The van der Waals surface area contributed by atoms with Crippen molar-refractivity contribution >= 4 is 15.9 Å². The largest absolute Gasteiger partial charge is 0.380 e. The highest BCUT2D eigenvalue weighted by Crippen LogP contribution is 2.38. The molecular formula is C7H13BrO. The molecule has 1 rings (SSSR count). The van der Waals surface area contributed by atoms with E-state index in [1.54, 1.807) is 7.11 Å². The van der Waals surface area contributed by atoms with Gasteiger partial charge in [-0.05, 0) is 26.2 Å². The maximum absolute atomic E-state index is 5.28. The molecule has 0 N–H and O–H groups in total. The summed E-state index contributed by atoms with van der Waals surface area (Å²) in [5, 5.41) is 0. The summed E-state index contributed by atoms with van der Waals surface area (Å²) in [6.45, 7) is 2.20. The van der Waals surface area contributed by atoms with E-state index in [2.05, 4.69) is 22.9 Å². The molecule has 2 atom stereocenters. The number of hydrogen-bond donors (Lipinski definition) is 0. The van der Waals surface area contributed by atoms with Gasteiger partial charge in [-0.2, -0.15) is 0 Å². The maximum atomic E-state index is 5.28. The van der Waals surface area contributed by atoms with Crippen molar-refractivity contribution in [3.05, 3.63) is 0 Å². The minimum atomic E-state index is 0.252. The van der Waals surface area contributed by atoms with Crippen LogP contribution >= 0.6 is 15.9 Å². The third-order valence-corrected chi connectivity index (χ3v) is 2.99. The Kier molecular flexibility index (Phi) is 2.17. The normalized spacial score (nSPS) is 43.7. The predicted molar refractivity (Wildman–Crippen MR) is 42.0 cm³/mol. The number of hydrogen-bond acceptors (Lipinski definition) is 1. The van der Waals surface area contributed by atoms with Crippen molar-refractivity contribution in [1.29, 1.82) is 0 Å². The van der Waals surface area contributed by atoms with E-state index < -0.39 is 0 Å². The summed E-state index contributed by atoms with van der Waals surface area (Å²) in [6.07, 6.45) is 4.17. The van der Waals surface area contributed by atoms with Crippen molar-refractivity contribution in [3.8, 4) is 0 Å². The van der Waals surface area contributed by atoms with Crippen LogP contribution in [-0.2, 0) is 4.74 Å². The van der Waals surface area contributed by atoms with Crippen LogP contribution in [0.4, 0.5) is 0 Å². The summed E-state index contributed by atoms with van der Waals surface area (Å²) in [6, 6.07) is 0. The fourth-order valence-corrected chi connectivity index (χ4v) is 2.15. The Bertz CT molecular complexity index is 101. The number of alkyl halides is 1. The smallest absolute Gasteiger partial charge is 0.0721 e. The van der Waals surface area contributed by atoms with Gasteiger partial charge >= 0.3 is 0 Å². The number of rotatable bonds is 1. The van der Waals surface area contributed by atoms with Gasteiger partial charge in [0.2, 0.25) is 0 Å². The Morgan fingerprint density at radius 3 is 2.56 bits per heavy atom. The first-order valence-electron chi connectivity index (χ1n) is 3.38. The van der Waals surface area contributed by atoms with Gasteiger partial charge in [0.05, 0.1) is 6.10 Å². The molecule has 54 valence electrons. The van der Waals surface area contributed by atoms with Crippen molar-refractivity contribution in [2.45, 2.75) is 36.6 Å². The summed E-state index contributed by atoms with van der Waals surface area (Å²) in [5.74, 6) is 0. The van der Waals surface area contributed by atoms with E-state index in [-0.39, 0.29) is 4.32 Å². The molecule has 0 amide bonds. The summed E-state index contributed by atoms with van der Waals surface area (Å²) in [7, 11) is 1.79. The Morgan fingerprint density at radius 1 is 1.67 bits per heavy atom. The van der Waals surface area contributed by atoms with Crippen LogP contribution in [0.25, 0.3) is 0 Å². The van der Waals surface area contributed by atoms with Crippen LogP contribution < -0.4 is 0 Å². The summed E-state index contributed by atoms with van der Waals surface area (Å²) >= 11 is 3.64. The highest BCUT2D eigenvalue weighted by atomic mass is 79.9. The molecule has 0 aromatic carbocycles. The number of methoxy groups -OCH3 is 1. The molecule has 0 saturated heterocycles. The first-order valence-corrected chi connectivity index (χ1v) is 4.18. The van der Waals surface area contributed by atoms with Crippen LogP contribution in [0.2, 0.25) is 0 Å². The molecule has 9 heavy (non-hydrogen) atoms. The average molecular weight is 193 g/mol. The molecule has 0 aliphatic heterocycles. The lowest BCUT2D eigenvalue weighted by atomic mass is 10.1. The second-order valence-electron chi connectivity index (χ2n) is 2.89. The zero-order chi connectivity index (χ0) is 6.91. The molecule has 1 aliphatic carbocycles. The standard InChI is InChI=1S/C7H13BrO/c1-7(8)5-3-4-6(7)9-2/h6H,3-5H2,1-2H3/t6-,7-/m1/s1. The van der Waals surface area contributed by atoms with Crippen LogP contribution in [0.1, 0.15) is 26.2 Å². The van der Waals surface area contributed by atoms with E-state index in [1.165, 1.54) is 19.3 Å². The minimum absolute atomic E-state index is 0.252. The van der Waals surface area contributed by atoms with Gasteiger partial charge in [-0.1, -0.05) is 15.9 Å². The molecule has 0 spiro atoms. The molecule has 0 heterocycles. The van der Waals surface area contributed by atoms with Crippen LogP contribution in [0.3, 0.4) is 0 Å². The lowest BCUT2D eigenvalue weighted by Crippen LogP contribution is -2.28. The number of halogens is 1. The fraction of sp³-hybridized carbons (Fsp3) is 1.00. The molecule has 1 aliphatic rings. The van der Waals surface area contributed by atoms with Crippen LogP contribution in [0.15, 0.2) is 0 Å². The van der Waals surface area contributed by atoms with Gasteiger partial charge < -0.3 is 4.74 Å². The first-order chi connectivity index (χ1) is 4.17. The van der Waals surface area contributed by atoms with Gasteiger partial charge in [-0.25, -0.2) is 0 Å². The second-order valence-corrected chi connectivity index (χ2v) is 4.71. The Balaban J connectivity index is 2.52. The van der Waals surface area contributed by atoms with Crippen LogP contribution in [0, 0.1) is 0 Å². The fourth-order valence-electron chi connectivity index (χ4n) is 1.46. The molecule has 1 saturated carbocycles. The Hall–Kier alpha value is 0.440. The van der Waals surface area contributed by atoms with Gasteiger partial charge in [0.1, 0.15) is 0 Å². The first kappa shape index (κ1) is 7.55. The van der Waals surface area contributed by atoms with Crippen molar-refractivity contribution in [3.63, 3.8) is 0 Å². The lowest BCUT2D eigenvalue weighted by molar-refractivity contribution is 0.0916. The third-order valence-electron chi connectivity index (χ3n) is 2.09. The summed E-state index contributed by atoms with van der Waals surface area (Å²) in [4.78, 5) is 0. The Labute approximate surface area is 64.9 Å². The Morgan fingerprint density at radius 2 is 2.33 bits per heavy atom. The monoisotopic (exact) mass is 192 g/mol. The third kappa shape index (κ3) is 1.47. The number of ether oxygens (including phenoxy) is 1. The van der Waals surface area contributed by atoms with Crippen LogP contribution in [-0.4, -0.2) is 17.5 Å². The summed E-state index contributed by atoms with van der Waals surface area (Å²) in [5.41, 5.74) is 0. The van der Waals surface area contributed by atoms with E-state index in [4.69, 9.17) is 4.74 Å². The van der Waals surface area contributed by atoms with Crippen molar-refractivity contribution in [2.75, 3.05) is 7.11 Å². The van der Waals surface area contributed by atoms with Gasteiger partial charge in [0, 0.05) is 11.4 Å². The van der Waals surface area contributed by atoms with E-state index in [1.807, 2.05) is 0 Å². The molecule has 1 nitrogen and oxygen atoms in total.